The summed E-state index contributed by atoms with van der Waals surface area (Å²) in [6.07, 6.45) is 6.16. The second kappa shape index (κ2) is 4.98. The van der Waals surface area contributed by atoms with E-state index in [1.165, 1.54) is 16.7 Å². The predicted molar refractivity (Wildman–Crippen MR) is 87.5 cm³/mol. The first-order valence-corrected chi connectivity index (χ1v) is 7.92. The summed E-state index contributed by atoms with van der Waals surface area (Å²) in [5.41, 5.74) is 5.24. The van der Waals surface area contributed by atoms with Crippen molar-refractivity contribution in [2.24, 2.45) is 5.92 Å². The van der Waals surface area contributed by atoms with Gasteiger partial charge in [-0.25, -0.2) is 0 Å². The van der Waals surface area contributed by atoms with Crippen LogP contribution in [0.25, 0.3) is 0 Å². The van der Waals surface area contributed by atoms with Crippen LogP contribution in [0.1, 0.15) is 57.6 Å². The zero-order valence-electron chi connectivity index (χ0n) is 13.4. The molecule has 0 fully saturated rings. The van der Waals surface area contributed by atoms with Crippen LogP contribution in [0.5, 0.6) is 0 Å². The Morgan fingerprint density at radius 3 is 2.38 bits per heavy atom. The molecule has 2 atom stereocenters. The molecule has 0 heterocycles. The zero-order valence-corrected chi connectivity index (χ0v) is 13.4. The number of ketones is 1. The Morgan fingerprint density at radius 2 is 1.76 bits per heavy atom. The van der Waals surface area contributed by atoms with Crippen LogP contribution in [-0.2, 0) is 10.2 Å². The van der Waals surface area contributed by atoms with Crippen molar-refractivity contribution in [2.75, 3.05) is 0 Å². The van der Waals surface area contributed by atoms with Crippen molar-refractivity contribution in [3.05, 3.63) is 58.7 Å². The lowest BCUT2D eigenvalue weighted by Gasteiger charge is -2.24. The standard InChI is InChI=1S/C20H24O/c1-13-12-18-16(6-5-7-17(18)19(13)21)14-8-10-15(11-9-14)20(2,3)4/h5,7-11,13,16H,6,12H2,1-4H3. The number of carbonyl (C=O) groups is 1. The first-order chi connectivity index (χ1) is 9.88. The molecule has 21 heavy (non-hydrogen) atoms. The van der Waals surface area contributed by atoms with Crippen molar-refractivity contribution in [3.63, 3.8) is 0 Å². The maximum Gasteiger partial charge on any atom is 0.165 e. The number of allylic oxidation sites excluding steroid dienone is 4. The van der Waals surface area contributed by atoms with Crippen molar-refractivity contribution >= 4 is 5.78 Å². The van der Waals surface area contributed by atoms with Gasteiger partial charge >= 0.3 is 0 Å². The van der Waals surface area contributed by atoms with E-state index in [-0.39, 0.29) is 11.3 Å². The third-order valence-electron chi connectivity index (χ3n) is 4.84. The van der Waals surface area contributed by atoms with Gasteiger partial charge in [0.25, 0.3) is 0 Å². The van der Waals surface area contributed by atoms with E-state index in [0.717, 1.165) is 18.4 Å². The number of carbonyl (C=O) groups excluding carboxylic acids is 1. The van der Waals surface area contributed by atoms with Crippen LogP contribution in [-0.4, -0.2) is 5.78 Å². The smallest absolute Gasteiger partial charge is 0.165 e. The number of Topliss-reactive ketones (excluding diaryl/α,β-unsaturated/α-hetero) is 1. The monoisotopic (exact) mass is 280 g/mol. The van der Waals surface area contributed by atoms with E-state index in [1.54, 1.807) is 0 Å². The minimum atomic E-state index is 0.161. The first kappa shape index (κ1) is 14.3. The Bertz CT molecular complexity index is 623. The summed E-state index contributed by atoms with van der Waals surface area (Å²) in [6, 6.07) is 8.99. The molecule has 110 valence electrons. The van der Waals surface area contributed by atoms with Crippen molar-refractivity contribution < 1.29 is 4.79 Å². The molecule has 3 rings (SSSR count). The molecule has 1 aromatic rings. The van der Waals surface area contributed by atoms with E-state index < -0.39 is 0 Å². The summed E-state index contributed by atoms with van der Waals surface area (Å²) in [5, 5.41) is 0. The fourth-order valence-corrected chi connectivity index (χ4v) is 3.49. The number of rotatable bonds is 1. The summed E-state index contributed by atoms with van der Waals surface area (Å²) >= 11 is 0. The van der Waals surface area contributed by atoms with Gasteiger partial charge in [0, 0.05) is 17.4 Å². The average Bonchev–Trinajstić information content (AvgIpc) is 2.74. The van der Waals surface area contributed by atoms with Crippen molar-refractivity contribution in [1.82, 2.24) is 0 Å². The van der Waals surface area contributed by atoms with Gasteiger partial charge in [-0.05, 0) is 29.4 Å². The quantitative estimate of drug-likeness (QED) is 0.712. The molecule has 0 amide bonds. The van der Waals surface area contributed by atoms with Gasteiger partial charge in [-0.1, -0.05) is 69.7 Å². The summed E-state index contributed by atoms with van der Waals surface area (Å²) in [6.45, 7) is 8.77. The van der Waals surface area contributed by atoms with E-state index in [1.807, 2.05) is 13.0 Å². The Labute approximate surface area is 127 Å². The maximum absolute atomic E-state index is 12.2. The normalized spacial score (nSPS) is 25.4. The van der Waals surface area contributed by atoms with Crippen LogP contribution in [0.3, 0.4) is 0 Å². The molecular formula is C20H24O. The van der Waals surface area contributed by atoms with Crippen LogP contribution < -0.4 is 0 Å². The van der Waals surface area contributed by atoms with E-state index in [2.05, 4.69) is 51.1 Å². The third-order valence-corrected chi connectivity index (χ3v) is 4.84. The summed E-state index contributed by atoms with van der Waals surface area (Å²) < 4.78 is 0. The molecule has 1 heteroatoms. The molecule has 0 aliphatic heterocycles. The topological polar surface area (TPSA) is 17.1 Å². The van der Waals surface area contributed by atoms with Gasteiger partial charge in [0.05, 0.1) is 0 Å². The molecule has 2 aliphatic rings. The summed E-state index contributed by atoms with van der Waals surface area (Å²) in [5.74, 6) is 0.888. The Balaban J connectivity index is 1.93. The number of hydrogen-bond donors (Lipinski definition) is 0. The van der Waals surface area contributed by atoms with E-state index in [9.17, 15) is 4.79 Å². The lowest BCUT2D eigenvalue weighted by atomic mass is 9.80. The maximum atomic E-state index is 12.2. The second-order valence-corrected chi connectivity index (χ2v) is 7.47. The molecule has 1 aromatic carbocycles. The van der Waals surface area contributed by atoms with Gasteiger partial charge < -0.3 is 0 Å². The van der Waals surface area contributed by atoms with E-state index in [0.29, 0.717) is 11.7 Å². The second-order valence-electron chi connectivity index (χ2n) is 7.47. The molecule has 0 N–H and O–H groups in total. The number of benzene rings is 1. The molecule has 2 unspecified atom stereocenters. The van der Waals surface area contributed by atoms with Crippen LogP contribution >= 0.6 is 0 Å². The average molecular weight is 280 g/mol. The van der Waals surface area contributed by atoms with Crippen molar-refractivity contribution in [3.8, 4) is 0 Å². The highest BCUT2D eigenvalue weighted by Crippen LogP contribution is 2.43. The van der Waals surface area contributed by atoms with Gasteiger partial charge in [-0.3, -0.25) is 4.79 Å². The van der Waals surface area contributed by atoms with Gasteiger partial charge in [0.15, 0.2) is 5.78 Å². The molecule has 0 saturated heterocycles. The molecule has 0 aromatic heterocycles. The molecule has 2 aliphatic carbocycles. The predicted octanol–water partition coefficient (Wildman–Crippen LogP) is 4.93. The fraction of sp³-hybridized carbons (Fsp3) is 0.450. The van der Waals surface area contributed by atoms with Crippen LogP contribution in [0.15, 0.2) is 47.6 Å². The highest BCUT2D eigenvalue weighted by Gasteiger charge is 2.34. The van der Waals surface area contributed by atoms with Crippen LogP contribution in [0.2, 0.25) is 0 Å². The van der Waals surface area contributed by atoms with Crippen LogP contribution in [0.4, 0.5) is 0 Å². The molecular weight excluding hydrogens is 256 g/mol. The largest absolute Gasteiger partial charge is 0.294 e. The highest BCUT2D eigenvalue weighted by molar-refractivity contribution is 6.03. The summed E-state index contributed by atoms with van der Waals surface area (Å²) in [4.78, 5) is 12.2. The summed E-state index contributed by atoms with van der Waals surface area (Å²) in [7, 11) is 0. The minimum Gasteiger partial charge on any atom is -0.294 e. The van der Waals surface area contributed by atoms with E-state index >= 15 is 0 Å². The van der Waals surface area contributed by atoms with Gasteiger partial charge in [0.2, 0.25) is 0 Å². The molecule has 0 saturated carbocycles. The third kappa shape index (κ3) is 2.50. The van der Waals surface area contributed by atoms with Crippen molar-refractivity contribution in [1.29, 1.82) is 0 Å². The Hall–Kier alpha value is -1.63. The fourth-order valence-electron chi connectivity index (χ4n) is 3.49. The van der Waals surface area contributed by atoms with E-state index in [4.69, 9.17) is 0 Å². The van der Waals surface area contributed by atoms with Gasteiger partial charge in [-0.2, -0.15) is 0 Å². The molecule has 0 bridgehead atoms. The molecule has 0 radical (unpaired) electrons. The molecule has 0 spiro atoms. The Morgan fingerprint density at radius 1 is 1.10 bits per heavy atom. The van der Waals surface area contributed by atoms with Gasteiger partial charge in [-0.15, -0.1) is 0 Å². The van der Waals surface area contributed by atoms with Gasteiger partial charge in [0.1, 0.15) is 0 Å². The lowest BCUT2D eigenvalue weighted by molar-refractivity contribution is -0.117. The first-order valence-electron chi connectivity index (χ1n) is 7.92. The van der Waals surface area contributed by atoms with Crippen LogP contribution in [0, 0.1) is 5.92 Å². The number of hydrogen-bond acceptors (Lipinski definition) is 1. The van der Waals surface area contributed by atoms with Crippen molar-refractivity contribution in [2.45, 2.75) is 51.9 Å². The lowest BCUT2D eigenvalue weighted by Crippen LogP contribution is -2.12. The minimum absolute atomic E-state index is 0.161. The SMILES string of the molecule is CC1CC2=C(C=CCC2c2ccc(C(C)(C)C)cc2)C1=O. The zero-order chi connectivity index (χ0) is 15.2. The highest BCUT2D eigenvalue weighted by atomic mass is 16.1. The Kier molecular flexibility index (Phi) is 3.39. The molecule has 1 nitrogen and oxygen atoms in total.